The molecule has 0 aliphatic carbocycles. The fourth-order valence-electron chi connectivity index (χ4n) is 0.964. The summed E-state index contributed by atoms with van der Waals surface area (Å²) in [5.41, 5.74) is 6.31. The molecule has 0 atom stereocenters. The Morgan fingerprint density at radius 1 is 1.69 bits per heavy atom. The molecule has 0 saturated heterocycles. The molecule has 2 rings (SSSR count). The Bertz CT molecular complexity index is 442. The largest absolute Gasteiger partial charge is 0.368 e. The fraction of sp³-hybridized carbons (Fsp3) is 0.167. The van der Waals surface area contributed by atoms with Gasteiger partial charge in [-0.3, -0.25) is 4.57 Å². The number of anilines is 1. The van der Waals surface area contributed by atoms with Crippen molar-refractivity contribution < 1.29 is 4.52 Å². The molecule has 13 heavy (non-hydrogen) atoms. The van der Waals surface area contributed by atoms with E-state index in [1.807, 2.05) is 0 Å². The van der Waals surface area contributed by atoms with Crippen molar-refractivity contribution in [3.05, 3.63) is 22.8 Å². The van der Waals surface area contributed by atoms with Crippen molar-refractivity contribution in [2.45, 2.75) is 6.54 Å². The third kappa shape index (κ3) is 1.45. The number of hydrogen-bond donors (Lipinski definition) is 2. The summed E-state index contributed by atoms with van der Waals surface area (Å²) < 4.78 is 6.78. The van der Waals surface area contributed by atoms with Crippen molar-refractivity contribution in [1.29, 1.82) is 0 Å². The van der Waals surface area contributed by atoms with Gasteiger partial charge in [-0.2, -0.15) is 0 Å². The third-order valence-corrected chi connectivity index (χ3v) is 1.91. The van der Waals surface area contributed by atoms with Crippen LogP contribution >= 0.6 is 12.2 Å². The van der Waals surface area contributed by atoms with E-state index in [1.165, 1.54) is 6.26 Å². The van der Waals surface area contributed by atoms with Crippen LogP contribution in [0.15, 0.2) is 16.9 Å². The second-order valence-corrected chi connectivity index (χ2v) is 2.85. The Balaban J connectivity index is 2.33. The summed E-state index contributed by atoms with van der Waals surface area (Å²) >= 11 is 4.95. The first-order chi connectivity index (χ1) is 6.27. The van der Waals surface area contributed by atoms with E-state index < -0.39 is 0 Å². The molecule has 0 amide bonds. The lowest BCUT2D eigenvalue weighted by molar-refractivity contribution is 0.409. The minimum atomic E-state index is 0.341. The van der Waals surface area contributed by atoms with Gasteiger partial charge in [-0.15, -0.1) is 5.10 Å². The summed E-state index contributed by atoms with van der Waals surface area (Å²) in [6.07, 6.45) is 1.50. The van der Waals surface area contributed by atoms with Crippen molar-refractivity contribution in [3.8, 4) is 0 Å². The number of aromatic nitrogens is 4. The third-order valence-electron chi connectivity index (χ3n) is 1.60. The molecule has 0 radical (unpaired) electrons. The van der Waals surface area contributed by atoms with Crippen LogP contribution in [0.5, 0.6) is 0 Å². The van der Waals surface area contributed by atoms with Crippen LogP contribution in [0.3, 0.4) is 0 Å². The normalized spacial score (nSPS) is 10.5. The predicted molar refractivity (Wildman–Crippen MR) is 47.4 cm³/mol. The van der Waals surface area contributed by atoms with E-state index in [0.717, 1.165) is 5.69 Å². The molecular weight excluding hydrogens is 190 g/mol. The van der Waals surface area contributed by atoms with Crippen molar-refractivity contribution in [2.75, 3.05) is 5.73 Å². The van der Waals surface area contributed by atoms with Crippen LogP contribution in [-0.2, 0) is 6.54 Å². The maximum Gasteiger partial charge on any atom is 0.220 e. The molecule has 0 fully saturated rings. The molecule has 0 aliphatic heterocycles. The second-order valence-electron chi connectivity index (χ2n) is 2.46. The standard InChI is InChI=1S/C6H7N5OS/c7-5-8-9-6(13)11(5)3-4-1-2-12-10-4/h1-2H,3H2,(H2,7,8)(H,9,13). The number of nitrogens with one attached hydrogen (secondary N) is 1. The molecule has 0 aromatic carbocycles. The fourth-order valence-corrected chi connectivity index (χ4v) is 1.17. The topological polar surface area (TPSA) is 85.7 Å². The molecule has 6 nitrogen and oxygen atoms in total. The van der Waals surface area contributed by atoms with Gasteiger partial charge < -0.3 is 10.3 Å². The van der Waals surface area contributed by atoms with Gasteiger partial charge in [-0.1, -0.05) is 5.16 Å². The Hall–Kier alpha value is -1.63. The zero-order chi connectivity index (χ0) is 9.26. The van der Waals surface area contributed by atoms with Crippen LogP contribution < -0.4 is 5.73 Å². The molecule has 0 bridgehead atoms. The molecule has 0 unspecified atom stereocenters. The molecule has 0 saturated carbocycles. The molecule has 3 N–H and O–H groups in total. The average molecular weight is 197 g/mol. The molecule has 2 aromatic heterocycles. The number of aromatic amines is 1. The van der Waals surface area contributed by atoms with Crippen LogP contribution in [-0.4, -0.2) is 19.9 Å². The minimum absolute atomic E-state index is 0.341. The molecule has 0 aliphatic rings. The lowest BCUT2D eigenvalue weighted by Gasteiger charge is -1.98. The van der Waals surface area contributed by atoms with Crippen LogP contribution in [0.4, 0.5) is 5.95 Å². The maximum atomic E-state index is 5.55. The van der Waals surface area contributed by atoms with E-state index in [1.54, 1.807) is 10.6 Å². The molecule has 2 aromatic rings. The van der Waals surface area contributed by atoms with Crippen LogP contribution in [0.25, 0.3) is 0 Å². The molecule has 68 valence electrons. The Kier molecular flexibility index (Phi) is 1.85. The zero-order valence-corrected chi connectivity index (χ0v) is 7.41. The van der Waals surface area contributed by atoms with Gasteiger partial charge in [0.25, 0.3) is 0 Å². The lowest BCUT2D eigenvalue weighted by atomic mass is 10.4. The van der Waals surface area contributed by atoms with Crippen molar-refractivity contribution in [3.63, 3.8) is 0 Å². The van der Waals surface area contributed by atoms with Crippen molar-refractivity contribution >= 4 is 18.2 Å². The Morgan fingerprint density at radius 3 is 3.08 bits per heavy atom. The van der Waals surface area contributed by atoms with Crippen LogP contribution in [0.2, 0.25) is 0 Å². The predicted octanol–water partition coefficient (Wildman–Crippen LogP) is 0.559. The number of hydrogen-bond acceptors (Lipinski definition) is 5. The van der Waals surface area contributed by atoms with Gasteiger partial charge in [0.1, 0.15) is 12.0 Å². The quantitative estimate of drug-likeness (QED) is 0.687. The Morgan fingerprint density at radius 2 is 2.54 bits per heavy atom. The highest BCUT2D eigenvalue weighted by Gasteiger charge is 2.04. The molecule has 2 heterocycles. The first kappa shape index (κ1) is 7.99. The molecular formula is C6H7N5OS. The number of H-pyrrole nitrogens is 1. The minimum Gasteiger partial charge on any atom is -0.368 e. The first-order valence-electron chi connectivity index (χ1n) is 3.57. The summed E-state index contributed by atoms with van der Waals surface area (Å²) in [5.74, 6) is 0.341. The highest BCUT2D eigenvalue weighted by molar-refractivity contribution is 7.71. The zero-order valence-electron chi connectivity index (χ0n) is 6.60. The summed E-state index contributed by atoms with van der Waals surface area (Å²) in [5, 5.41) is 10.1. The van der Waals surface area contributed by atoms with E-state index in [0.29, 0.717) is 17.3 Å². The van der Waals surface area contributed by atoms with Gasteiger partial charge >= 0.3 is 0 Å². The summed E-state index contributed by atoms with van der Waals surface area (Å²) in [7, 11) is 0. The Labute approximate surface area is 78.3 Å². The number of nitrogens with zero attached hydrogens (tertiary/aromatic N) is 3. The van der Waals surface area contributed by atoms with Crippen molar-refractivity contribution in [2.24, 2.45) is 0 Å². The number of nitrogens with two attached hydrogens (primary N) is 1. The highest BCUT2D eigenvalue weighted by atomic mass is 32.1. The molecule has 7 heteroatoms. The van der Waals surface area contributed by atoms with Gasteiger partial charge in [0, 0.05) is 6.07 Å². The van der Waals surface area contributed by atoms with E-state index in [9.17, 15) is 0 Å². The van der Waals surface area contributed by atoms with Gasteiger partial charge in [-0.25, -0.2) is 5.10 Å². The van der Waals surface area contributed by atoms with Gasteiger partial charge in [0.2, 0.25) is 5.95 Å². The number of nitrogen functional groups attached to an aromatic ring is 1. The van der Waals surface area contributed by atoms with E-state index in [-0.39, 0.29) is 0 Å². The van der Waals surface area contributed by atoms with Crippen molar-refractivity contribution in [1.82, 2.24) is 19.9 Å². The summed E-state index contributed by atoms with van der Waals surface area (Å²) in [6, 6.07) is 1.74. The van der Waals surface area contributed by atoms with Gasteiger partial charge in [-0.05, 0) is 12.2 Å². The summed E-state index contributed by atoms with van der Waals surface area (Å²) in [4.78, 5) is 0. The average Bonchev–Trinajstić information content (AvgIpc) is 2.70. The SMILES string of the molecule is Nc1n[nH]c(=S)n1Cc1ccon1. The molecule has 0 spiro atoms. The van der Waals surface area contributed by atoms with E-state index in [2.05, 4.69) is 19.9 Å². The maximum absolute atomic E-state index is 5.55. The summed E-state index contributed by atoms with van der Waals surface area (Å²) in [6.45, 7) is 0.470. The first-order valence-corrected chi connectivity index (χ1v) is 3.98. The lowest BCUT2D eigenvalue weighted by Crippen LogP contribution is -2.04. The van der Waals surface area contributed by atoms with Gasteiger partial charge in [0.15, 0.2) is 4.77 Å². The van der Waals surface area contributed by atoms with E-state index >= 15 is 0 Å². The second kappa shape index (κ2) is 3.02. The highest BCUT2D eigenvalue weighted by Crippen LogP contribution is 2.04. The van der Waals surface area contributed by atoms with Gasteiger partial charge in [0.05, 0.1) is 6.54 Å². The van der Waals surface area contributed by atoms with Crippen LogP contribution in [0, 0.1) is 4.77 Å². The smallest absolute Gasteiger partial charge is 0.220 e. The van der Waals surface area contributed by atoms with Crippen LogP contribution in [0.1, 0.15) is 5.69 Å². The van der Waals surface area contributed by atoms with E-state index in [4.69, 9.17) is 18.0 Å². The number of rotatable bonds is 2. The monoisotopic (exact) mass is 197 g/mol.